The molecule has 1 N–H and O–H groups in total. The van der Waals surface area contributed by atoms with Gasteiger partial charge in [0.1, 0.15) is 5.75 Å². The van der Waals surface area contributed by atoms with Gasteiger partial charge in [-0.25, -0.2) is 5.43 Å². The van der Waals surface area contributed by atoms with Gasteiger partial charge in [0.25, 0.3) is 5.91 Å². The van der Waals surface area contributed by atoms with Crippen LogP contribution in [-0.4, -0.2) is 44.2 Å². The summed E-state index contributed by atoms with van der Waals surface area (Å²) in [6, 6.07) is 21.2. The van der Waals surface area contributed by atoms with Gasteiger partial charge in [-0.3, -0.25) is 14.3 Å². The Balaban J connectivity index is 1.52. The van der Waals surface area contributed by atoms with Crippen LogP contribution >= 0.6 is 11.8 Å². The summed E-state index contributed by atoms with van der Waals surface area (Å²) in [5, 5.41) is 13.3. The summed E-state index contributed by atoms with van der Waals surface area (Å²) in [5.74, 6) is 1.37. The Hall–Kier alpha value is -3.98. The highest BCUT2D eigenvalue weighted by molar-refractivity contribution is 7.99. The molecule has 0 aliphatic heterocycles. The second-order valence-corrected chi connectivity index (χ2v) is 7.75. The third kappa shape index (κ3) is 5.83. The normalized spacial score (nSPS) is 10.9. The molecule has 1 amide bonds. The van der Waals surface area contributed by atoms with E-state index < -0.39 is 0 Å². The molecule has 0 fully saturated rings. The Labute approximate surface area is 195 Å². The van der Waals surface area contributed by atoms with Crippen molar-refractivity contribution in [2.24, 2.45) is 5.10 Å². The van der Waals surface area contributed by atoms with Gasteiger partial charge in [0.05, 0.1) is 18.6 Å². The lowest BCUT2D eigenvalue weighted by Gasteiger charge is -2.11. The first-order chi connectivity index (χ1) is 16.2. The molecule has 33 heavy (non-hydrogen) atoms. The van der Waals surface area contributed by atoms with Crippen LogP contribution in [0.25, 0.3) is 17.1 Å². The third-order valence-electron chi connectivity index (χ3n) is 4.49. The maximum Gasteiger partial charge on any atom is 0.250 e. The molecule has 2 aromatic heterocycles. The van der Waals surface area contributed by atoms with Gasteiger partial charge < -0.3 is 4.74 Å². The van der Waals surface area contributed by atoms with Gasteiger partial charge in [0.2, 0.25) is 0 Å². The minimum Gasteiger partial charge on any atom is -0.494 e. The lowest BCUT2D eigenvalue weighted by molar-refractivity contribution is -0.118. The van der Waals surface area contributed by atoms with Gasteiger partial charge in [-0.2, -0.15) is 5.10 Å². The number of ether oxygens (including phenoxy) is 1. The Morgan fingerprint density at radius 3 is 2.64 bits per heavy atom. The molecular weight excluding hydrogens is 436 g/mol. The van der Waals surface area contributed by atoms with Crippen molar-refractivity contribution in [1.82, 2.24) is 25.2 Å². The summed E-state index contributed by atoms with van der Waals surface area (Å²) < 4.78 is 7.49. The molecule has 0 unspecified atom stereocenters. The molecule has 0 atom stereocenters. The van der Waals surface area contributed by atoms with E-state index in [2.05, 4.69) is 25.7 Å². The summed E-state index contributed by atoms with van der Waals surface area (Å²) >= 11 is 1.29. The smallest absolute Gasteiger partial charge is 0.250 e. The number of carbonyl (C=O) groups excluding carboxylic acids is 1. The third-order valence-corrected chi connectivity index (χ3v) is 5.42. The minimum atomic E-state index is -0.248. The summed E-state index contributed by atoms with van der Waals surface area (Å²) in [6.45, 7) is 2.54. The standard InChI is InChI=1S/C24H22N6O2S/c1-2-32-21-12-10-20(11-13-21)30-23(19-8-4-3-5-9-19)28-29-24(30)33-17-22(31)27-26-16-18-7-6-14-25-15-18/h3-16H,2,17H2,1H3,(H,27,31)/b26-16+. The molecule has 0 saturated heterocycles. The van der Waals surface area contributed by atoms with Crippen LogP contribution in [0.5, 0.6) is 5.75 Å². The topological polar surface area (TPSA) is 94.3 Å². The zero-order valence-electron chi connectivity index (χ0n) is 18.0. The Morgan fingerprint density at radius 1 is 1.09 bits per heavy atom. The molecule has 0 radical (unpaired) electrons. The van der Waals surface area contributed by atoms with Gasteiger partial charge in [0.15, 0.2) is 11.0 Å². The van der Waals surface area contributed by atoms with E-state index in [0.29, 0.717) is 17.6 Å². The largest absolute Gasteiger partial charge is 0.494 e. The molecule has 2 heterocycles. The monoisotopic (exact) mass is 458 g/mol. The van der Waals surface area contributed by atoms with Crippen LogP contribution in [0.1, 0.15) is 12.5 Å². The molecule has 0 aliphatic carbocycles. The van der Waals surface area contributed by atoms with Gasteiger partial charge in [-0.05, 0) is 37.3 Å². The van der Waals surface area contributed by atoms with E-state index in [0.717, 1.165) is 22.6 Å². The molecule has 4 aromatic rings. The Morgan fingerprint density at radius 2 is 1.91 bits per heavy atom. The van der Waals surface area contributed by atoms with Crippen molar-refractivity contribution in [3.05, 3.63) is 84.7 Å². The van der Waals surface area contributed by atoms with Crippen molar-refractivity contribution in [2.45, 2.75) is 12.1 Å². The second-order valence-electron chi connectivity index (χ2n) is 6.80. The van der Waals surface area contributed by atoms with Crippen molar-refractivity contribution in [3.63, 3.8) is 0 Å². The molecule has 9 heteroatoms. The summed E-state index contributed by atoms with van der Waals surface area (Å²) in [5.41, 5.74) is 5.13. The predicted molar refractivity (Wildman–Crippen MR) is 129 cm³/mol. The maximum atomic E-state index is 12.3. The summed E-state index contributed by atoms with van der Waals surface area (Å²) in [4.78, 5) is 16.3. The van der Waals surface area contributed by atoms with Gasteiger partial charge in [0, 0.05) is 29.2 Å². The second kappa shape index (κ2) is 11.1. The molecule has 166 valence electrons. The Kier molecular flexibility index (Phi) is 7.44. The number of nitrogens with one attached hydrogen (secondary N) is 1. The SMILES string of the molecule is CCOc1ccc(-n2c(SCC(=O)N/N=C/c3cccnc3)nnc2-c2ccccc2)cc1. The van der Waals surface area contributed by atoms with Crippen molar-refractivity contribution in [1.29, 1.82) is 0 Å². The highest BCUT2D eigenvalue weighted by Gasteiger charge is 2.17. The average molecular weight is 459 g/mol. The summed E-state index contributed by atoms with van der Waals surface area (Å²) in [6.07, 6.45) is 4.89. The van der Waals surface area contributed by atoms with Crippen LogP contribution < -0.4 is 10.2 Å². The van der Waals surface area contributed by atoms with Gasteiger partial charge in [-0.15, -0.1) is 10.2 Å². The molecule has 2 aromatic carbocycles. The van der Waals surface area contributed by atoms with Crippen molar-refractivity contribution >= 4 is 23.9 Å². The molecule has 8 nitrogen and oxygen atoms in total. The van der Waals surface area contributed by atoms with Crippen molar-refractivity contribution < 1.29 is 9.53 Å². The number of amides is 1. The Bertz CT molecular complexity index is 1210. The van der Waals surface area contributed by atoms with Crippen molar-refractivity contribution in [2.75, 3.05) is 12.4 Å². The fraction of sp³-hybridized carbons (Fsp3) is 0.125. The van der Waals surface area contributed by atoms with Crippen LogP contribution in [0, 0.1) is 0 Å². The van der Waals surface area contributed by atoms with E-state index in [1.54, 1.807) is 24.7 Å². The van der Waals surface area contributed by atoms with Gasteiger partial charge in [-0.1, -0.05) is 48.2 Å². The van der Waals surface area contributed by atoms with Crippen LogP contribution in [0.15, 0.2) is 89.4 Å². The fourth-order valence-electron chi connectivity index (χ4n) is 3.02. The zero-order valence-corrected chi connectivity index (χ0v) is 18.8. The quantitative estimate of drug-likeness (QED) is 0.232. The number of carbonyl (C=O) groups is 1. The number of benzene rings is 2. The summed E-state index contributed by atoms with van der Waals surface area (Å²) in [7, 11) is 0. The number of hydrogen-bond donors (Lipinski definition) is 1. The molecular formula is C24H22N6O2S. The molecule has 4 rings (SSSR count). The molecule has 0 saturated carbocycles. The van der Waals surface area contributed by atoms with Crippen LogP contribution in [0.2, 0.25) is 0 Å². The molecule has 0 spiro atoms. The first kappa shape index (κ1) is 22.2. The number of pyridine rings is 1. The molecule has 0 bridgehead atoms. The zero-order chi connectivity index (χ0) is 22.9. The predicted octanol–water partition coefficient (Wildman–Crippen LogP) is 3.97. The fourth-order valence-corrected chi connectivity index (χ4v) is 3.77. The maximum absolute atomic E-state index is 12.3. The van der Waals surface area contributed by atoms with Crippen LogP contribution in [0.4, 0.5) is 0 Å². The molecule has 0 aliphatic rings. The number of nitrogens with zero attached hydrogens (tertiary/aromatic N) is 5. The lowest BCUT2D eigenvalue weighted by Crippen LogP contribution is -2.20. The first-order valence-electron chi connectivity index (χ1n) is 10.3. The van der Waals surface area contributed by atoms with E-state index in [-0.39, 0.29) is 11.7 Å². The highest BCUT2D eigenvalue weighted by atomic mass is 32.2. The first-order valence-corrected chi connectivity index (χ1v) is 11.3. The van der Waals surface area contributed by atoms with Gasteiger partial charge >= 0.3 is 0 Å². The minimum absolute atomic E-state index is 0.133. The van der Waals surface area contributed by atoms with E-state index in [1.165, 1.54) is 11.8 Å². The van der Waals surface area contributed by atoms with E-state index in [9.17, 15) is 4.79 Å². The van der Waals surface area contributed by atoms with E-state index in [1.807, 2.05) is 72.2 Å². The number of aromatic nitrogens is 4. The average Bonchev–Trinajstić information content (AvgIpc) is 3.29. The van der Waals surface area contributed by atoms with Crippen LogP contribution in [-0.2, 0) is 4.79 Å². The van der Waals surface area contributed by atoms with Crippen LogP contribution in [0.3, 0.4) is 0 Å². The van der Waals surface area contributed by atoms with E-state index >= 15 is 0 Å². The lowest BCUT2D eigenvalue weighted by atomic mass is 10.2. The highest BCUT2D eigenvalue weighted by Crippen LogP contribution is 2.28. The number of thioether (sulfide) groups is 1. The van der Waals surface area contributed by atoms with Crippen molar-refractivity contribution in [3.8, 4) is 22.8 Å². The number of hydrazone groups is 1. The van der Waals surface area contributed by atoms with E-state index in [4.69, 9.17) is 4.74 Å². The number of rotatable bonds is 9. The number of hydrogen-bond acceptors (Lipinski definition) is 7.